The predicted molar refractivity (Wildman–Crippen MR) is 82.9 cm³/mol. The fraction of sp³-hybridized carbons (Fsp3) is 0.235. The molecule has 0 spiro atoms. The number of rotatable bonds is 5. The number of benzene rings is 2. The van der Waals surface area contributed by atoms with E-state index >= 15 is 0 Å². The molecule has 0 aliphatic carbocycles. The molecule has 0 bridgehead atoms. The summed E-state index contributed by atoms with van der Waals surface area (Å²) in [6, 6.07) is 13.7. The molecule has 4 heteroatoms. The molecular formula is C17H19FN2O. The van der Waals surface area contributed by atoms with Gasteiger partial charge in [0.15, 0.2) is 0 Å². The van der Waals surface area contributed by atoms with Crippen molar-refractivity contribution in [3.8, 4) is 0 Å². The van der Waals surface area contributed by atoms with E-state index in [0.29, 0.717) is 17.7 Å². The summed E-state index contributed by atoms with van der Waals surface area (Å²) < 4.78 is 13.7. The highest BCUT2D eigenvalue weighted by atomic mass is 19.1. The quantitative estimate of drug-likeness (QED) is 0.879. The van der Waals surface area contributed by atoms with Gasteiger partial charge in [-0.2, -0.15) is 0 Å². The number of hydrogen-bond acceptors (Lipinski definition) is 2. The molecule has 1 amide bonds. The van der Waals surface area contributed by atoms with Gasteiger partial charge in [0.1, 0.15) is 5.82 Å². The summed E-state index contributed by atoms with van der Waals surface area (Å²) in [5.41, 5.74) is 2.07. The van der Waals surface area contributed by atoms with Crippen LogP contribution in [-0.2, 0) is 0 Å². The van der Waals surface area contributed by atoms with Crippen LogP contribution in [0.5, 0.6) is 0 Å². The van der Waals surface area contributed by atoms with Gasteiger partial charge in [-0.05, 0) is 44.2 Å². The lowest BCUT2D eigenvalue weighted by Gasteiger charge is -2.16. The number of carbonyl (C=O) groups is 1. The largest absolute Gasteiger partial charge is 0.378 e. The highest BCUT2D eigenvalue weighted by Gasteiger charge is 2.10. The van der Waals surface area contributed by atoms with Crippen LogP contribution >= 0.6 is 0 Å². The Morgan fingerprint density at radius 1 is 1.14 bits per heavy atom. The second-order valence-electron chi connectivity index (χ2n) is 4.82. The van der Waals surface area contributed by atoms with Crippen molar-refractivity contribution in [2.75, 3.05) is 11.9 Å². The summed E-state index contributed by atoms with van der Waals surface area (Å²) in [5.74, 6) is -0.317. The van der Waals surface area contributed by atoms with Crippen LogP contribution in [0, 0.1) is 5.82 Å². The lowest BCUT2D eigenvalue weighted by Crippen LogP contribution is -2.22. The molecule has 110 valence electrons. The Kier molecular flexibility index (Phi) is 4.93. The topological polar surface area (TPSA) is 41.1 Å². The molecule has 2 rings (SSSR count). The monoisotopic (exact) mass is 286 g/mol. The maximum atomic E-state index is 13.7. The van der Waals surface area contributed by atoms with E-state index in [0.717, 1.165) is 5.69 Å². The van der Waals surface area contributed by atoms with E-state index in [4.69, 9.17) is 0 Å². The Bertz CT molecular complexity index is 610. The number of amides is 1. The first-order chi connectivity index (χ1) is 10.1. The third-order valence-electron chi connectivity index (χ3n) is 3.24. The van der Waals surface area contributed by atoms with E-state index < -0.39 is 0 Å². The van der Waals surface area contributed by atoms with Crippen molar-refractivity contribution in [2.24, 2.45) is 0 Å². The van der Waals surface area contributed by atoms with Gasteiger partial charge in [0.25, 0.3) is 5.91 Å². The molecule has 0 radical (unpaired) electrons. The highest BCUT2D eigenvalue weighted by molar-refractivity contribution is 5.94. The Morgan fingerprint density at radius 3 is 2.43 bits per heavy atom. The van der Waals surface area contributed by atoms with Gasteiger partial charge < -0.3 is 10.6 Å². The molecule has 0 aliphatic rings. The van der Waals surface area contributed by atoms with Gasteiger partial charge in [-0.15, -0.1) is 0 Å². The van der Waals surface area contributed by atoms with E-state index in [9.17, 15) is 9.18 Å². The SMILES string of the molecule is CCNC(=O)c1ccc(NC(C)c2ccccc2F)cc1. The molecular weight excluding hydrogens is 267 g/mol. The minimum Gasteiger partial charge on any atom is -0.378 e. The molecule has 1 atom stereocenters. The molecule has 21 heavy (non-hydrogen) atoms. The molecule has 3 nitrogen and oxygen atoms in total. The molecule has 0 saturated heterocycles. The Labute approximate surface area is 124 Å². The summed E-state index contributed by atoms with van der Waals surface area (Å²) in [4.78, 5) is 11.7. The molecule has 0 aromatic heterocycles. The summed E-state index contributed by atoms with van der Waals surface area (Å²) in [6.45, 7) is 4.38. The van der Waals surface area contributed by atoms with Crippen molar-refractivity contribution in [3.63, 3.8) is 0 Å². The average Bonchev–Trinajstić information content (AvgIpc) is 2.48. The average molecular weight is 286 g/mol. The second-order valence-corrected chi connectivity index (χ2v) is 4.82. The van der Waals surface area contributed by atoms with Gasteiger partial charge in [0.05, 0.1) is 6.04 Å². The number of anilines is 1. The molecule has 0 saturated carbocycles. The molecule has 2 aromatic carbocycles. The molecule has 0 heterocycles. The smallest absolute Gasteiger partial charge is 0.251 e. The van der Waals surface area contributed by atoms with Crippen LogP contribution in [0.3, 0.4) is 0 Å². The number of halogens is 1. The van der Waals surface area contributed by atoms with Gasteiger partial charge in [0, 0.05) is 23.4 Å². The van der Waals surface area contributed by atoms with Gasteiger partial charge in [0.2, 0.25) is 0 Å². The number of nitrogens with one attached hydrogen (secondary N) is 2. The summed E-state index contributed by atoms with van der Waals surface area (Å²) in [6.07, 6.45) is 0. The lowest BCUT2D eigenvalue weighted by atomic mass is 10.1. The van der Waals surface area contributed by atoms with E-state index in [1.54, 1.807) is 24.3 Å². The van der Waals surface area contributed by atoms with E-state index in [1.165, 1.54) is 6.07 Å². The first kappa shape index (κ1) is 15.0. The van der Waals surface area contributed by atoms with Crippen LogP contribution in [0.4, 0.5) is 10.1 Å². The Hall–Kier alpha value is -2.36. The fourth-order valence-electron chi connectivity index (χ4n) is 2.13. The Morgan fingerprint density at radius 2 is 1.81 bits per heavy atom. The van der Waals surface area contributed by atoms with Crippen molar-refractivity contribution in [3.05, 3.63) is 65.5 Å². The predicted octanol–water partition coefficient (Wildman–Crippen LogP) is 3.75. The molecule has 2 aromatic rings. The van der Waals surface area contributed by atoms with Gasteiger partial charge in [-0.25, -0.2) is 4.39 Å². The minimum absolute atomic E-state index is 0.0915. The maximum absolute atomic E-state index is 13.7. The second kappa shape index (κ2) is 6.88. The van der Waals surface area contributed by atoms with Crippen LogP contribution < -0.4 is 10.6 Å². The van der Waals surface area contributed by atoms with Crippen LogP contribution in [0.1, 0.15) is 35.8 Å². The van der Waals surface area contributed by atoms with E-state index in [1.807, 2.05) is 32.0 Å². The molecule has 0 aliphatic heterocycles. The molecule has 1 unspecified atom stereocenters. The minimum atomic E-state index is -0.226. The summed E-state index contributed by atoms with van der Waals surface area (Å²) in [7, 11) is 0. The van der Waals surface area contributed by atoms with Crippen molar-refractivity contribution >= 4 is 11.6 Å². The normalized spacial score (nSPS) is 11.8. The van der Waals surface area contributed by atoms with Crippen molar-refractivity contribution in [1.29, 1.82) is 0 Å². The third-order valence-corrected chi connectivity index (χ3v) is 3.24. The first-order valence-corrected chi connectivity index (χ1v) is 7.01. The lowest BCUT2D eigenvalue weighted by molar-refractivity contribution is 0.0956. The van der Waals surface area contributed by atoms with Crippen molar-refractivity contribution in [1.82, 2.24) is 5.32 Å². The van der Waals surface area contributed by atoms with Crippen LogP contribution in [0.25, 0.3) is 0 Å². The standard InChI is InChI=1S/C17H19FN2O/c1-3-19-17(21)13-8-10-14(11-9-13)20-12(2)15-6-4-5-7-16(15)18/h4-12,20H,3H2,1-2H3,(H,19,21). The highest BCUT2D eigenvalue weighted by Crippen LogP contribution is 2.21. The van der Waals surface area contributed by atoms with Gasteiger partial charge >= 0.3 is 0 Å². The van der Waals surface area contributed by atoms with Crippen molar-refractivity contribution in [2.45, 2.75) is 19.9 Å². The zero-order valence-electron chi connectivity index (χ0n) is 12.2. The summed E-state index contributed by atoms with van der Waals surface area (Å²) >= 11 is 0. The van der Waals surface area contributed by atoms with Crippen LogP contribution in [-0.4, -0.2) is 12.5 Å². The number of hydrogen-bond donors (Lipinski definition) is 2. The first-order valence-electron chi connectivity index (χ1n) is 7.01. The van der Waals surface area contributed by atoms with E-state index in [2.05, 4.69) is 10.6 Å². The van der Waals surface area contributed by atoms with Crippen molar-refractivity contribution < 1.29 is 9.18 Å². The zero-order valence-corrected chi connectivity index (χ0v) is 12.2. The molecule has 2 N–H and O–H groups in total. The summed E-state index contributed by atoms with van der Waals surface area (Å²) in [5, 5.41) is 5.97. The third kappa shape index (κ3) is 3.81. The number of carbonyl (C=O) groups excluding carboxylic acids is 1. The van der Waals surface area contributed by atoms with Gasteiger partial charge in [-0.1, -0.05) is 18.2 Å². The maximum Gasteiger partial charge on any atom is 0.251 e. The van der Waals surface area contributed by atoms with E-state index in [-0.39, 0.29) is 17.8 Å². The Balaban J connectivity index is 2.07. The zero-order chi connectivity index (χ0) is 15.2. The fourth-order valence-corrected chi connectivity index (χ4v) is 2.13. The van der Waals surface area contributed by atoms with Gasteiger partial charge in [-0.3, -0.25) is 4.79 Å². The van der Waals surface area contributed by atoms with Crippen LogP contribution in [0.15, 0.2) is 48.5 Å². The van der Waals surface area contributed by atoms with Crippen LogP contribution in [0.2, 0.25) is 0 Å². The molecule has 0 fully saturated rings.